The first kappa shape index (κ1) is 28.6. The largest absolute Gasteiger partial charge is 0.362 e. The lowest BCUT2D eigenvalue weighted by molar-refractivity contribution is -0.120. The Kier molecular flexibility index (Phi) is 36.0. The van der Waals surface area contributed by atoms with Gasteiger partial charge in [0.05, 0.1) is 0 Å². The molecule has 0 saturated carbocycles. The highest BCUT2D eigenvalue weighted by atomic mass is 16.2. The molecule has 22 heavy (non-hydrogen) atoms. The van der Waals surface area contributed by atoms with Gasteiger partial charge in [0.25, 0.3) is 0 Å². The van der Waals surface area contributed by atoms with Crippen LogP contribution in [0.4, 0.5) is 0 Å². The molecule has 3 N–H and O–H groups in total. The van der Waals surface area contributed by atoms with Gasteiger partial charge >= 0.3 is 0 Å². The molecule has 0 aliphatic rings. The lowest BCUT2D eigenvalue weighted by Crippen LogP contribution is -2.30. The molecule has 0 rings (SSSR count). The quantitative estimate of drug-likeness (QED) is 0.497. The third-order valence-corrected chi connectivity index (χ3v) is 2.01. The molecule has 0 heterocycles. The van der Waals surface area contributed by atoms with Gasteiger partial charge in [-0.15, -0.1) is 0 Å². The zero-order valence-corrected chi connectivity index (χ0v) is 15.7. The molecule has 0 aromatic heterocycles. The number of hydrogen-bond acceptors (Lipinski definition) is 3. The first-order valence-corrected chi connectivity index (χ1v) is 8.06. The van der Waals surface area contributed by atoms with Crippen LogP contribution < -0.4 is 16.0 Å². The standard InChI is InChI=1S/C10H20N2O2.C2H5NO.2C2H6/c1-8(12-10(3)14)6-4-5-7-11-9(2)13;1-3-2-4;2*1-2/h8H,4-7H2,1-3H3,(H,11,13)(H,12,14);2H,1H3,(H,3,4);2*1-2H3. The van der Waals surface area contributed by atoms with E-state index in [0.29, 0.717) is 6.41 Å². The summed E-state index contributed by atoms with van der Waals surface area (Å²) >= 11 is 0. The summed E-state index contributed by atoms with van der Waals surface area (Å²) in [6.07, 6.45) is 3.56. The molecule has 134 valence electrons. The number of carbonyl (C=O) groups is 3. The van der Waals surface area contributed by atoms with E-state index in [2.05, 4.69) is 16.0 Å². The fourth-order valence-electron chi connectivity index (χ4n) is 1.26. The van der Waals surface area contributed by atoms with E-state index in [-0.39, 0.29) is 17.9 Å². The third-order valence-electron chi connectivity index (χ3n) is 2.01. The van der Waals surface area contributed by atoms with Crippen LogP contribution in [0.25, 0.3) is 0 Å². The summed E-state index contributed by atoms with van der Waals surface area (Å²) < 4.78 is 0. The Morgan fingerprint density at radius 2 is 1.45 bits per heavy atom. The van der Waals surface area contributed by atoms with Gasteiger partial charge in [-0.2, -0.15) is 0 Å². The topological polar surface area (TPSA) is 87.3 Å². The van der Waals surface area contributed by atoms with E-state index in [1.54, 1.807) is 7.05 Å². The fourth-order valence-corrected chi connectivity index (χ4v) is 1.26. The Morgan fingerprint density at radius 1 is 1.00 bits per heavy atom. The molecule has 0 aromatic carbocycles. The first-order valence-electron chi connectivity index (χ1n) is 8.06. The number of rotatable bonds is 7. The van der Waals surface area contributed by atoms with Crippen LogP contribution in [0.5, 0.6) is 0 Å². The Bertz CT molecular complexity index is 247. The Balaban J connectivity index is -0.000000170. The summed E-state index contributed by atoms with van der Waals surface area (Å²) in [6.45, 7) is 13.7. The van der Waals surface area contributed by atoms with Crippen molar-refractivity contribution in [1.82, 2.24) is 16.0 Å². The SMILES string of the molecule is CC.CC.CC(=O)NCCCCC(C)NC(C)=O.CNC=O. The average molecular weight is 319 g/mol. The van der Waals surface area contributed by atoms with Crippen LogP contribution in [-0.4, -0.2) is 37.9 Å². The van der Waals surface area contributed by atoms with Crippen LogP contribution in [0.3, 0.4) is 0 Å². The number of unbranched alkanes of at least 4 members (excludes halogenated alkanes) is 1. The van der Waals surface area contributed by atoms with Gasteiger partial charge in [0.15, 0.2) is 0 Å². The van der Waals surface area contributed by atoms with Crippen LogP contribution in [-0.2, 0) is 14.4 Å². The van der Waals surface area contributed by atoms with E-state index >= 15 is 0 Å². The fraction of sp³-hybridized carbons (Fsp3) is 0.812. The summed E-state index contributed by atoms with van der Waals surface area (Å²) in [7, 11) is 1.56. The van der Waals surface area contributed by atoms with Crippen molar-refractivity contribution in [2.45, 2.75) is 73.8 Å². The molecule has 0 bridgehead atoms. The molecular formula is C16H37N3O3. The lowest BCUT2D eigenvalue weighted by atomic mass is 10.1. The highest BCUT2D eigenvalue weighted by Gasteiger charge is 2.02. The molecule has 6 nitrogen and oxygen atoms in total. The molecule has 6 heteroatoms. The van der Waals surface area contributed by atoms with Crippen LogP contribution in [0.15, 0.2) is 0 Å². The monoisotopic (exact) mass is 319 g/mol. The maximum absolute atomic E-state index is 10.7. The van der Waals surface area contributed by atoms with Crippen LogP contribution in [0.2, 0.25) is 0 Å². The van der Waals surface area contributed by atoms with Crippen molar-refractivity contribution in [1.29, 1.82) is 0 Å². The van der Waals surface area contributed by atoms with E-state index in [0.717, 1.165) is 25.8 Å². The molecule has 0 spiro atoms. The van der Waals surface area contributed by atoms with Crippen molar-refractivity contribution in [2.75, 3.05) is 13.6 Å². The predicted octanol–water partition coefficient (Wildman–Crippen LogP) is 2.23. The molecule has 1 atom stereocenters. The average Bonchev–Trinajstić information content (AvgIpc) is 2.50. The number of amides is 3. The van der Waals surface area contributed by atoms with Gasteiger partial charge in [-0.1, -0.05) is 27.7 Å². The molecule has 0 aliphatic heterocycles. The van der Waals surface area contributed by atoms with Gasteiger partial charge in [0, 0.05) is 33.5 Å². The molecule has 3 amide bonds. The summed E-state index contributed by atoms with van der Waals surface area (Å²) in [6, 6.07) is 0.227. The van der Waals surface area contributed by atoms with Crippen LogP contribution >= 0.6 is 0 Å². The predicted molar refractivity (Wildman–Crippen MR) is 93.6 cm³/mol. The normalized spacial score (nSPS) is 9.09. The van der Waals surface area contributed by atoms with Crippen molar-refractivity contribution in [3.63, 3.8) is 0 Å². The maximum Gasteiger partial charge on any atom is 0.217 e. The van der Waals surface area contributed by atoms with Gasteiger partial charge in [-0.05, 0) is 26.2 Å². The van der Waals surface area contributed by atoms with Gasteiger partial charge in [-0.25, -0.2) is 0 Å². The zero-order valence-electron chi connectivity index (χ0n) is 15.7. The van der Waals surface area contributed by atoms with E-state index in [1.807, 2.05) is 34.6 Å². The van der Waals surface area contributed by atoms with E-state index < -0.39 is 0 Å². The van der Waals surface area contributed by atoms with Gasteiger partial charge in [0.2, 0.25) is 18.2 Å². The van der Waals surface area contributed by atoms with Crippen molar-refractivity contribution in [3.8, 4) is 0 Å². The number of nitrogens with one attached hydrogen (secondary N) is 3. The number of carbonyl (C=O) groups excluding carboxylic acids is 3. The molecule has 0 fully saturated rings. The molecule has 0 saturated heterocycles. The Morgan fingerprint density at radius 3 is 1.77 bits per heavy atom. The summed E-state index contributed by atoms with van der Waals surface area (Å²) in [4.78, 5) is 30.2. The maximum atomic E-state index is 10.7. The van der Waals surface area contributed by atoms with Crippen molar-refractivity contribution in [3.05, 3.63) is 0 Å². The van der Waals surface area contributed by atoms with E-state index in [1.165, 1.54) is 13.8 Å². The lowest BCUT2D eigenvalue weighted by Gasteiger charge is -2.11. The van der Waals surface area contributed by atoms with Crippen molar-refractivity contribution >= 4 is 18.2 Å². The first-order chi connectivity index (χ1) is 10.4. The summed E-state index contributed by atoms with van der Waals surface area (Å²) in [5, 5.41) is 7.80. The molecule has 0 aromatic rings. The van der Waals surface area contributed by atoms with Gasteiger partial charge in [0.1, 0.15) is 0 Å². The minimum atomic E-state index is 0.0133. The van der Waals surface area contributed by atoms with Gasteiger partial charge < -0.3 is 16.0 Å². The molecule has 1 unspecified atom stereocenters. The molecule has 0 radical (unpaired) electrons. The Hall–Kier alpha value is -1.59. The Labute approximate surface area is 136 Å². The zero-order chi connectivity index (χ0) is 18.4. The summed E-state index contributed by atoms with van der Waals surface area (Å²) in [5.41, 5.74) is 0. The second-order valence-corrected chi connectivity index (χ2v) is 3.99. The van der Waals surface area contributed by atoms with E-state index in [4.69, 9.17) is 4.79 Å². The molecular weight excluding hydrogens is 282 g/mol. The highest BCUT2D eigenvalue weighted by molar-refractivity contribution is 5.73. The van der Waals surface area contributed by atoms with E-state index in [9.17, 15) is 9.59 Å². The highest BCUT2D eigenvalue weighted by Crippen LogP contribution is 1.99. The minimum absolute atomic E-state index is 0.0133. The smallest absolute Gasteiger partial charge is 0.217 e. The third kappa shape index (κ3) is 42.9. The van der Waals surface area contributed by atoms with Crippen LogP contribution in [0.1, 0.15) is 67.7 Å². The summed E-state index contributed by atoms with van der Waals surface area (Å²) in [5.74, 6) is 0.0271. The van der Waals surface area contributed by atoms with Crippen molar-refractivity contribution < 1.29 is 14.4 Å². The number of hydrogen-bond donors (Lipinski definition) is 3. The second kappa shape index (κ2) is 27.7. The second-order valence-electron chi connectivity index (χ2n) is 3.99. The van der Waals surface area contributed by atoms with Crippen molar-refractivity contribution in [2.24, 2.45) is 0 Å². The minimum Gasteiger partial charge on any atom is -0.362 e. The molecule has 0 aliphatic carbocycles. The van der Waals surface area contributed by atoms with Crippen LogP contribution in [0, 0.1) is 0 Å². The van der Waals surface area contributed by atoms with Gasteiger partial charge in [-0.3, -0.25) is 14.4 Å².